The van der Waals surface area contributed by atoms with Crippen LogP contribution in [0.25, 0.3) is 0 Å². The first-order valence-electron chi connectivity index (χ1n) is 5.18. The molecule has 0 aliphatic carbocycles. The lowest BCUT2D eigenvalue weighted by atomic mass is 10.2. The first kappa shape index (κ1) is 13.0. The number of aryl methyl sites for hydroxylation is 1. The Morgan fingerprint density at radius 1 is 1.22 bits per heavy atom. The Labute approximate surface area is 114 Å². The summed E-state index contributed by atoms with van der Waals surface area (Å²) < 4.78 is 27.4. The van der Waals surface area contributed by atoms with E-state index in [1.165, 1.54) is 18.5 Å². The molecule has 6 heteroatoms. The van der Waals surface area contributed by atoms with Gasteiger partial charge in [0.05, 0.1) is 5.69 Å². The Bertz CT molecular complexity index is 671. The third-order valence-corrected chi connectivity index (χ3v) is 4.15. The summed E-state index contributed by atoms with van der Waals surface area (Å²) in [5.41, 5.74) is 1.43. The van der Waals surface area contributed by atoms with Crippen LogP contribution in [-0.2, 0) is 10.0 Å². The van der Waals surface area contributed by atoms with E-state index in [4.69, 9.17) is 0 Å². The number of sulfonamides is 1. The molecule has 0 aliphatic heterocycles. The third kappa shape index (κ3) is 2.88. The molecule has 0 saturated heterocycles. The molecule has 0 atom stereocenters. The standard InChI is InChI=1S/C12H11BrN2O2S/c1-9-4-2-3-5-12(9)15-18(16,17)11-6-10(13)7-14-8-11/h2-8,15H,1H3. The Morgan fingerprint density at radius 3 is 2.61 bits per heavy atom. The van der Waals surface area contributed by atoms with Crippen LogP contribution in [0.2, 0.25) is 0 Å². The van der Waals surface area contributed by atoms with Crippen LogP contribution in [0.3, 0.4) is 0 Å². The van der Waals surface area contributed by atoms with Crippen molar-refractivity contribution >= 4 is 31.6 Å². The van der Waals surface area contributed by atoms with Gasteiger partial charge in [-0.1, -0.05) is 18.2 Å². The highest BCUT2D eigenvalue weighted by Crippen LogP contribution is 2.20. The average molecular weight is 327 g/mol. The van der Waals surface area contributed by atoms with E-state index < -0.39 is 10.0 Å². The normalized spacial score (nSPS) is 11.2. The summed E-state index contributed by atoms with van der Waals surface area (Å²) in [7, 11) is -3.60. The van der Waals surface area contributed by atoms with Gasteiger partial charge in [-0.15, -0.1) is 0 Å². The van der Waals surface area contributed by atoms with E-state index in [1.807, 2.05) is 19.1 Å². The molecule has 0 aliphatic rings. The highest BCUT2D eigenvalue weighted by atomic mass is 79.9. The van der Waals surface area contributed by atoms with Gasteiger partial charge in [0.2, 0.25) is 0 Å². The molecule has 1 aromatic heterocycles. The Hall–Kier alpha value is -1.40. The van der Waals surface area contributed by atoms with Gasteiger partial charge < -0.3 is 0 Å². The van der Waals surface area contributed by atoms with Crippen molar-refractivity contribution in [2.75, 3.05) is 4.72 Å². The van der Waals surface area contributed by atoms with Gasteiger partial charge in [0.1, 0.15) is 4.90 Å². The van der Waals surface area contributed by atoms with Crippen molar-refractivity contribution in [2.45, 2.75) is 11.8 Å². The van der Waals surface area contributed by atoms with E-state index in [-0.39, 0.29) is 4.90 Å². The minimum absolute atomic E-state index is 0.125. The molecule has 4 nitrogen and oxygen atoms in total. The SMILES string of the molecule is Cc1ccccc1NS(=O)(=O)c1cncc(Br)c1. The maximum Gasteiger partial charge on any atom is 0.263 e. The molecule has 2 rings (SSSR count). The van der Waals surface area contributed by atoms with Crippen LogP contribution in [-0.4, -0.2) is 13.4 Å². The summed E-state index contributed by atoms with van der Waals surface area (Å²) in [5.74, 6) is 0. The maximum absolute atomic E-state index is 12.1. The van der Waals surface area contributed by atoms with Gasteiger partial charge in [-0.3, -0.25) is 9.71 Å². The molecule has 0 spiro atoms. The number of halogens is 1. The fraction of sp³-hybridized carbons (Fsp3) is 0.0833. The Kier molecular flexibility index (Phi) is 3.68. The van der Waals surface area contributed by atoms with Crippen molar-refractivity contribution in [1.82, 2.24) is 4.98 Å². The molecule has 18 heavy (non-hydrogen) atoms. The first-order chi connectivity index (χ1) is 8.49. The van der Waals surface area contributed by atoms with Gasteiger partial charge in [0, 0.05) is 16.9 Å². The minimum Gasteiger partial charge on any atom is -0.279 e. The molecule has 0 unspecified atom stereocenters. The summed E-state index contributed by atoms with van der Waals surface area (Å²) in [6.07, 6.45) is 2.85. The van der Waals surface area contributed by atoms with Crippen molar-refractivity contribution in [3.63, 3.8) is 0 Å². The van der Waals surface area contributed by atoms with Gasteiger partial charge in [0.25, 0.3) is 10.0 Å². The van der Waals surface area contributed by atoms with Crippen LogP contribution in [0.1, 0.15) is 5.56 Å². The summed E-state index contributed by atoms with van der Waals surface area (Å²) >= 11 is 3.20. The molecule has 94 valence electrons. The fourth-order valence-corrected chi connectivity index (χ4v) is 3.06. The van der Waals surface area contributed by atoms with E-state index in [0.29, 0.717) is 10.2 Å². The van der Waals surface area contributed by atoms with Crippen LogP contribution in [0, 0.1) is 6.92 Å². The number of aromatic nitrogens is 1. The lowest BCUT2D eigenvalue weighted by Crippen LogP contribution is -2.13. The number of nitrogens with zero attached hydrogens (tertiary/aromatic N) is 1. The van der Waals surface area contributed by atoms with Crippen LogP contribution < -0.4 is 4.72 Å². The van der Waals surface area contributed by atoms with E-state index in [0.717, 1.165) is 5.56 Å². The third-order valence-electron chi connectivity index (χ3n) is 2.38. The van der Waals surface area contributed by atoms with Gasteiger partial charge in [-0.05, 0) is 40.5 Å². The van der Waals surface area contributed by atoms with Crippen LogP contribution in [0.5, 0.6) is 0 Å². The smallest absolute Gasteiger partial charge is 0.263 e. The van der Waals surface area contributed by atoms with Gasteiger partial charge >= 0.3 is 0 Å². The molecular formula is C12H11BrN2O2S. The number of pyridine rings is 1. The monoisotopic (exact) mass is 326 g/mol. The van der Waals surface area contributed by atoms with Crippen molar-refractivity contribution in [3.8, 4) is 0 Å². The summed E-state index contributed by atoms with van der Waals surface area (Å²) in [4.78, 5) is 3.97. The van der Waals surface area contributed by atoms with Crippen molar-refractivity contribution in [3.05, 3.63) is 52.8 Å². The molecular weight excluding hydrogens is 316 g/mol. The number of para-hydroxylation sites is 1. The lowest BCUT2D eigenvalue weighted by molar-refractivity contribution is 0.600. The topological polar surface area (TPSA) is 59.1 Å². The second kappa shape index (κ2) is 5.07. The van der Waals surface area contributed by atoms with Crippen LogP contribution in [0.15, 0.2) is 52.1 Å². The van der Waals surface area contributed by atoms with E-state index in [9.17, 15) is 8.42 Å². The van der Waals surface area contributed by atoms with Crippen molar-refractivity contribution in [2.24, 2.45) is 0 Å². The van der Waals surface area contributed by atoms with E-state index in [2.05, 4.69) is 25.6 Å². The number of nitrogens with one attached hydrogen (secondary N) is 1. The largest absolute Gasteiger partial charge is 0.279 e. The molecule has 0 amide bonds. The summed E-state index contributed by atoms with van der Waals surface area (Å²) in [5, 5.41) is 0. The molecule has 0 radical (unpaired) electrons. The number of hydrogen-bond donors (Lipinski definition) is 1. The lowest BCUT2D eigenvalue weighted by Gasteiger charge is -2.10. The highest BCUT2D eigenvalue weighted by Gasteiger charge is 2.15. The Morgan fingerprint density at radius 2 is 1.94 bits per heavy atom. The first-order valence-corrected chi connectivity index (χ1v) is 7.46. The maximum atomic E-state index is 12.1. The number of benzene rings is 1. The average Bonchev–Trinajstić information content (AvgIpc) is 2.32. The van der Waals surface area contributed by atoms with Crippen molar-refractivity contribution < 1.29 is 8.42 Å². The van der Waals surface area contributed by atoms with Gasteiger partial charge in [0.15, 0.2) is 0 Å². The predicted molar refractivity (Wildman–Crippen MR) is 73.9 cm³/mol. The van der Waals surface area contributed by atoms with Gasteiger partial charge in [-0.25, -0.2) is 8.42 Å². The Balaban J connectivity index is 2.37. The minimum atomic E-state index is -3.60. The molecule has 1 N–H and O–H groups in total. The molecule has 1 heterocycles. The fourth-order valence-electron chi connectivity index (χ4n) is 1.43. The highest BCUT2D eigenvalue weighted by molar-refractivity contribution is 9.10. The van der Waals surface area contributed by atoms with Gasteiger partial charge in [-0.2, -0.15) is 0 Å². The zero-order valence-electron chi connectivity index (χ0n) is 9.59. The number of hydrogen-bond acceptors (Lipinski definition) is 3. The quantitative estimate of drug-likeness (QED) is 0.943. The molecule has 2 aromatic rings. The number of rotatable bonds is 3. The van der Waals surface area contributed by atoms with E-state index >= 15 is 0 Å². The molecule has 0 bridgehead atoms. The summed E-state index contributed by atoms with van der Waals surface area (Å²) in [6, 6.07) is 8.71. The second-order valence-electron chi connectivity index (χ2n) is 3.76. The molecule has 0 saturated carbocycles. The zero-order chi connectivity index (χ0) is 13.2. The van der Waals surface area contributed by atoms with Crippen LogP contribution >= 0.6 is 15.9 Å². The zero-order valence-corrected chi connectivity index (χ0v) is 12.0. The number of anilines is 1. The molecule has 0 fully saturated rings. The van der Waals surface area contributed by atoms with Crippen LogP contribution in [0.4, 0.5) is 5.69 Å². The van der Waals surface area contributed by atoms with Crippen molar-refractivity contribution in [1.29, 1.82) is 0 Å². The summed E-state index contributed by atoms with van der Waals surface area (Å²) in [6.45, 7) is 1.84. The molecule has 1 aromatic carbocycles. The predicted octanol–water partition coefficient (Wildman–Crippen LogP) is 2.95. The van der Waals surface area contributed by atoms with E-state index in [1.54, 1.807) is 12.1 Å². The second-order valence-corrected chi connectivity index (χ2v) is 6.36.